The van der Waals surface area contributed by atoms with Crippen LogP contribution < -0.4 is 4.74 Å². The van der Waals surface area contributed by atoms with Crippen LogP contribution in [-0.2, 0) is 9.47 Å². The minimum atomic E-state index is 0.115. The van der Waals surface area contributed by atoms with Gasteiger partial charge in [0.2, 0.25) is 0 Å². The summed E-state index contributed by atoms with van der Waals surface area (Å²) in [5.74, 6) is 1.60. The van der Waals surface area contributed by atoms with Crippen LogP contribution >= 0.6 is 0 Å². The summed E-state index contributed by atoms with van der Waals surface area (Å²) in [7, 11) is 0. The molecule has 126 valence electrons. The highest BCUT2D eigenvalue weighted by molar-refractivity contribution is 5.17. The minimum absolute atomic E-state index is 0.115. The fraction of sp³-hybridized carbons (Fsp3) is 0.722. The van der Waals surface area contributed by atoms with Crippen LogP contribution in [0, 0.1) is 5.92 Å². The number of rotatable bonds is 4. The molecule has 0 spiro atoms. The molecule has 0 aliphatic carbocycles. The van der Waals surface area contributed by atoms with Crippen LogP contribution in [-0.4, -0.2) is 61.0 Å². The third-order valence-corrected chi connectivity index (χ3v) is 5.34. The van der Waals surface area contributed by atoms with E-state index < -0.39 is 0 Å². The standard InChI is InChI=1S/C18H26N2O3/c1-3-15(11-19-7-1)23-17-13-20(12-14-5-9-21-10-6-14)16-4-2-8-22-18(16)17/h1,3,7,11,14,16-18H,2,4-6,8-10,12-13H2/t16-,17-,18-/m0/s1. The second-order valence-electron chi connectivity index (χ2n) is 6.90. The van der Waals surface area contributed by atoms with E-state index in [1.165, 1.54) is 19.3 Å². The summed E-state index contributed by atoms with van der Waals surface area (Å²) in [5.41, 5.74) is 0. The summed E-state index contributed by atoms with van der Waals surface area (Å²) in [6, 6.07) is 4.41. The molecule has 3 aliphatic heterocycles. The second kappa shape index (κ2) is 7.16. The summed E-state index contributed by atoms with van der Waals surface area (Å²) >= 11 is 0. The van der Waals surface area contributed by atoms with E-state index in [1.54, 1.807) is 12.4 Å². The second-order valence-corrected chi connectivity index (χ2v) is 6.90. The number of pyridine rings is 1. The first-order valence-electron chi connectivity index (χ1n) is 8.90. The van der Waals surface area contributed by atoms with Crippen LogP contribution in [0.5, 0.6) is 5.75 Å². The van der Waals surface area contributed by atoms with Gasteiger partial charge in [0.1, 0.15) is 18.0 Å². The van der Waals surface area contributed by atoms with Crippen LogP contribution in [0.15, 0.2) is 24.5 Å². The molecule has 1 aromatic heterocycles. The van der Waals surface area contributed by atoms with Crippen LogP contribution in [0.3, 0.4) is 0 Å². The number of hydrogen-bond acceptors (Lipinski definition) is 5. The van der Waals surface area contributed by atoms with Gasteiger partial charge in [-0.2, -0.15) is 0 Å². The first kappa shape index (κ1) is 15.4. The van der Waals surface area contributed by atoms with Gasteiger partial charge in [0.25, 0.3) is 0 Å². The highest BCUT2D eigenvalue weighted by Crippen LogP contribution is 2.33. The Labute approximate surface area is 137 Å². The Morgan fingerprint density at radius 3 is 2.96 bits per heavy atom. The summed E-state index contributed by atoms with van der Waals surface area (Å²) < 4.78 is 17.8. The van der Waals surface area contributed by atoms with Crippen molar-refractivity contribution in [2.24, 2.45) is 5.92 Å². The average Bonchev–Trinajstić information content (AvgIpc) is 2.95. The van der Waals surface area contributed by atoms with Crippen LogP contribution in [0.2, 0.25) is 0 Å². The van der Waals surface area contributed by atoms with Crippen molar-refractivity contribution in [3.05, 3.63) is 24.5 Å². The van der Waals surface area contributed by atoms with Crippen molar-refractivity contribution in [2.45, 2.75) is 43.9 Å². The van der Waals surface area contributed by atoms with Crippen LogP contribution in [0.25, 0.3) is 0 Å². The molecule has 4 rings (SSSR count). The molecule has 0 N–H and O–H groups in total. The maximum atomic E-state index is 6.21. The molecular weight excluding hydrogens is 292 g/mol. The zero-order valence-corrected chi connectivity index (χ0v) is 13.6. The Balaban J connectivity index is 1.43. The van der Waals surface area contributed by atoms with Crippen molar-refractivity contribution in [1.29, 1.82) is 0 Å². The molecule has 0 bridgehead atoms. The number of aromatic nitrogens is 1. The molecule has 0 saturated carbocycles. The first-order chi connectivity index (χ1) is 11.4. The lowest BCUT2D eigenvalue weighted by atomic mass is 9.97. The molecule has 4 heterocycles. The Morgan fingerprint density at radius 1 is 1.22 bits per heavy atom. The van der Waals surface area contributed by atoms with Crippen molar-refractivity contribution in [3.8, 4) is 5.75 Å². The number of nitrogens with zero attached hydrogens (tertiary/aromatic N) is 2. The molecular formula is C18H26N2O3. The predicted octanol–water partition coefficient (Wildman–Crippen LogP) is 2.12. The number of likely N-dealkylation sites (tertiary alicyclic amines) is 1. The van der Waals surface area contributed by atoms with E-state index in [0.717, 1.165) is 51.0 Å². The lowest BCUT2D eigenvalue weighted by Crippen LogP contribution is -2.44. The molecule has 3 aliphatic rings. The van der Waals surface area contributed by atoms with E-state index in [1.807, 2.05) is 12.1 Å². The summed E-state index contributed by atoms with van der Waals surface area (Å²) in [6.45, 7) is 4.80. The monoisotopic (exact) mass is 318 g/mol. The molecule has 0 amide bonds. The molecule has 3 atom stereocenters. The quantitative estimate of drug-likeness (QED) is 0.851. The van der Waals surface area contributed by atoms with Crippen LogP contribution in [0.4, 0.5) is 0 Å². The zero-order chi connectivity index (χ0) is 15.5. The number of ether oxygens (including phenoxy) is 3. The predicted molar refractivity (Wildman–Crippen MR) is 86.5 cm³/mol. The molecule has 5 heteroatoms. The lowest BCUT2D eigenvalue weighted by Gasteiger charge is -2.34. The topological polar surface area (TPSA) is 43.8 Å². The third kappa shape index (κ3) is 3.52. The molecule has 3 saturated heterocycles. The van der Waals surface area contributed by atoms with E-state index in [-0.39, 0.29) is 12.2 Å². The summed E-state index contributed by atoms with van der Waals surface area (Å²) in [4.78, 5) is 6.76. The number of fused-ring (bicyclic) bond motifs is 1. The minimum Gasteiger partial charge on any atom is -0.485 e. The van der Waals surface area contributed by atoms with Gasteiger partial charge in [-0.25, -0.2) is 0 Å². The Morgan fingerprint density at radius 2 is 2.13 bits per heavy atom. The maximum Gasteiger partial charge on any atom is 0.139 e. The third-order valence-electron chi connectivity index (χ3n) is 5.34. The van der Waals surface area contributed by atoms with Gasteiger partial charge in [0.05, 0.1) is 6.20 Å². The van der Waals surface area contributed by atoms with Gasteiger partial charge in [0, 0.05) is 45.1 Å². The normalized spacial score (nSPS) is 32.6. The van der Waals surface area contributed by atoms with E-state index in [9.17, 15) is 0 Å². The van der Waals surface area contributed by atoms with Gasteiger partial charge >= 0.3 is 0 Å². The highest BCUT2D eigenvalue weighted by Gasteiger charge is 2.45. The Kier molecular flexibility index (Phi) is 4.78. The van der Waals surface area contributed by atoms with Crippen molar-refractivity contribution in [1.82, 2.24) is 9.88 Å². The lowest BCUT2D eigenvalue weighted by molar-refractivity contribution is -0.0488. The molecule has 0 unspecified atom stereocenters. The van der Waals surface area contributed by atoms with Gasteiger partial charge < -0.3 is 14.2 Å². The smallest absolute Gasteiger partial charge is 0.139 e. The Bertz CT molecular complexity index is 492. The van der Waals surface area contributed by atoms with E-state index in [0.29, 0.717) is 6.04 Å². The first-order valence-corrected chi connectivity index (χ1v) is 8.90. The molecule has 1 aromatic rings. The van der Waals surface area contributed by atoms with Crippen LogP contribution in [0.1, 0.15) is 25.7 Å². The molecule has 3 fully saturated rings. The van der Waals surface area contributed by atoms with Gasteiger partial charge in [-0.3, -0.25) is 9.88 Å². The van der Waals surface area contributed by atoms with E-state index in [4.69, 9.17) is 14.2 Å². The maximum absolute atomic E-state index is 6.21. The van der Waals surface area contributed by atoms with Crippen molar-refractivity contribution in [3.63, 3.8) is 0 Å². The fourth-order valence-electron chi connectivity index (χ4n) is 4.17. The average molecular weight is 318 g/mol. The van der Waals surface area contributed by atoms with Gasteiger partial charge in [-0.15, -0.1) is 0 Å². The summed E-state index contributed by atoms with van der Waals surface area (Å²) in [5, 5.41) is 0. The Hall–Kier alpha value is -1.17. The van der Waals surface area contributed by atoms with E-state index in [2.05, 4.69) is 9.88 Å². The molecule has 5 nitrogen and oxygen atoms in total. The number of hydrogen-bond donors (Lipinski definition) is 0. The highest BCUT2D eigenvalue weighted by atomic mass is 16.5. The molecule has 23 heavy (non-hydrogen) atoms. The summed E-state index contributed by atoms with van der Waals surface area (Å²) in [6.07, 6.45) is 8.63. The molecule has 0 aromatic carbocycles. The van der Waals surface area contributed by atoms with Gasteiger partial charge in [-0.05, 0) is 43.7 Å². The van der Waals surface area contributed by atoms with Crippen molar-refractivity contribution in [2.75, 3.05) is 32.9 Å². The zero-order valence-electron chi connectivity index (χ0n) is 13.6. The van der Waals surface area contributed by atoms with Gasteiger partial charge in [0.15, 0.2) is 0 Å². The van der Waals surface area contributed by atoms with E-state index >= 15 is 0 Å². The molecule has 0 radical (unpaired) electrons. The van der Waals surface area contributed by atoms with Gasteiger partial charge in [-0.1, -0.05) is 0 Å². The fourth-order valence-corrected chi connectivity index (χ4v) is 4.17. The largest absolute Gasteiger partial charge is 0.485 e. The SMILES string of the molecule is c1cncc(O[C@H]2CN(CC3CCOCC3)[C@H]3CCCO[C@H]23)c1. The van der Waals surface area contributed by atoms with Crippen molar-refractivity contribution >= 4 is 0 Å². The van der Waals surface area contributed by atoms with Crippen molar-refractivity contribution < 1.29 is 14.2 Å².